The lowest BCUT2D eigenvalue weighted by atomic mass is 10.1. The van der Waals surface area contributed by atoms with Crippen molar-refractivity contribution < 1.29 is 19.4 Å². The van der Waals surface area contributed by atoms with Gasteiger partial charge in [-0.25, -0.2) is 14.6 Å². The Morgan fingerprint density at radius 1 is 1.57 bits per heavy atom. The van der Waals surface area contributed by atoms with Gasteiger partial charge in [0, 0.05) is 13.1 Å². The van der Waals surface area contributed by atoms with Gasteiger partial charge in [0.25, 0.3) is 0 Å². The second kappa shape index (κ2) is 7.02. The summed E-state index contributed by atoms with van der Waals surface area (Å²) in [6, 6.07) is -0.420. The lowest BCUT2D eigenvalue weighted by molar-refractivity contribution is -0.145. The van der Waals surface area contributed by atoms with Crippen molar-refractivity contribution in [2.75, 3.05) is 19.7 Å². The maximum absolute atomic E-state index is 12.1. The summed E-state index contributed by atoms with van der Waals surface area (Å²) in [4.78, 5) is 28.2. The number of carboxylic acids is 1. The number of urea groups is 1. The van der Waals surface area contributed by atoms with Crippen molar-refractivity contribution >= 4 is 12.0 Å². The van der Waals surface area contributed by atoms with Crippen LogP contribution >= 0.6 is 0 Å². The molecular formula is C12H19N5O4. The Balaban J connectivity index is 1.74. The number of hydrogen-bond acceptors (Lipinski definition) is 5. The monoisotopic (exact) mass is 297 g/mol. The number of aliphatic carboxylic acids is 1. The Hall–Kier alpha value is -2.16. The van der Waals surface area contributed by atoms with Crippen LogP contribution in [0, 0.1) is 0 Å². The molecule has 0 bridgehead atoms. The summed E-state index contributed by atoms with van der Waals surface area (Å²) in [6.07, 6.45) is 2.56. The Bertz CT molecular complexity index is 470. The number of piperidine rings is 1. The highest BCUT2D eigenvalue weighted by atomic mass is 16.5. The second-order valence-electron chi connectivity index (χ2n) is 4.93. The van der Waals surface area contributed by atoms with E-state index in [1.54, 1.807) is 4.90 Å². The maximum atomic E-state index is 12.1. The number of rotatable bonds is 5. The molecule has 2 heterocycles. The molecule has 1 aliphatic rings. The van der Waals surface area contributed by atoms with E-state index in [1.807, 2.05) is 6.92 Å². The summed E-state index contributed by atoms with van der Waals surface area (Å²) < 4.78 is 5.23. The van der Waals surface area contributed by atoms with Crippen molar-refractivity contribution in [3.63, 3.8) is 0 Å². The average Bonchev–Trinajstić information content (AvgIpc) is 3.00. The van der Waals surface area contributed by atoms with Crippen LogP contribution in [0.2, 0.25) is 0 Å². The van der Waals surface area contributed by atoms with E-state index in [-0.39, 0.29) is 24.8 Å². The smallest absolute Gasteiger partial charge is 0.329 e. The molecule has 9 nitrogen and oxygen atoms in total. The number of carbonyl (C=O) groups excluding carboxylic acids is 1. The highest BCUT2D eigenvalue weighted by Gasteiger charge is 2.25. The number of nitrogens with zero attached hydrogens (tertiary/aromatic N) is 3. The number of aromatic nitrogens is 3. The van der Waals surface area contributed by atoms with E-state index >= 15 is 0 Å². The lowest BCUT2D eigenvalue weighted by Gasteiger charge is -2.32. The molecule has 0 aliphatic carbocycles. The molecule has 2 amide bonds. The molecule has 9 heteroatoms. The predicted octanol–water partition coefficient (Wildman–Crippen LogP) is 0.141. The number of ether oxygens (including phenoxy) is 1. The number of carboxylic acid groups (broad SMARTS) is 1. The minimum Gasteiger partial charge on any atom is -0.480 e. The normalized spacial score (nSPS) is 17.5. The van der Waals surface area contributed by atoms with Crippen LogP contribution in [0.4, 0.5) is 4.79 Å². The zero-order valence-electron chi connectivity index (χ0n) is 11.8. The summed E-state index contributed by atoms with van der Waals surface area (Å²) >= 11 is 0. The van der Waals surface area contributed by atoms with Crippen molar-refractivity contribution in [1.82, 2.24) is 25.4 Å². The zero-order valence-corrected chi connectivity index (χ0v) is 11.8. The molecule has 116 valence electrons. The van der Waals surface area contributed by atoms with E-state index in [0.29, 0.717) is 31.8 Å². The molecule has 1 unspecified atom stereocenters. The Morgan fingerprint density at radius 2 is 2.29 bits per heavy atom. The van der Waals surface area contributed by atoms with E-state index in [0.717, 1.165) is 0 Å². The number of amides is 2. The molecule has 1 aliphatic heterocycles. The van der Waals surface area contributed by atoms with Gasteiger partial charge in [0.05, 0.1) is 12.1 Å². The average molecular weight is 297 g/mol. The SMILES string of the molecule is CC(NC(=O)N1CCC(OCC(=O)O)CC1)c1ncn[nH]1. The van der Waals surface area contributed by atoms with Crippen LogP contribution in [-0.4, -0.2) is 63.0 Å². The number of H-pyrrole nitrogens is 1. The van der Waals surface area contributed by atoms with Crippen LogP contribution in [0.15, 0.2) is 6.33 Å². The van der Waals surface area contributed by atoms with Crippen LogP contribution in [-0.2, 0) is 9.53 Å². The number of nitrogens with one attached hydrogen (secondary N) is 2. The van der Waals surface area contributed by atoms with Crippen molar-refractivity contribution in [3.05, 3.63) is 12.2 Å². The molecule has 0 saturated carbocycles. The van der Waals surface area contributed by atoms with E-state index in [2.05, 4.69) is 20.5 Å². The van der Waals surface area contributed by atoms with Gasteiger partial charge in [-0.05, 0) is 19.8 Å². The van der Waals surface area contributed by atoms with Crippen LogP contribution in [0.25, 0.3) is 0 Å². The summed E-state index contributed by atoms with van der Waals surface area (Å²) in [5.74, 6) is -0.376. The van der Waals surface area contributed by atoms with Crippen molar-refractivity contribution in [1.29, 1.82) is 0 Å². The molecule has 0 spiro atoms. The second-order valence-corrected chi connectivity index (χ2v) is 4.93. The predicted molar refractivity (Wildman–Crippen MR) is 71.5 cm³/mol. The van der Waals surface area contributed by atoms with E-state index in [4.69, 9.17) is 9.84 Å². The molecule has 0 aromatic carbocycles. The minimum absolute atomic E-state index is 0.100. The fraction of sp³-hybridized carbons (Fsp3) is 0.667. The summed E-state index contributed by atoms with van der Waals surface area (Å²) in [6.45, 7) is 2.61. The Labute approximate surface area is 121 Å². The fourth-order valence-corrected chi connectivity index (χ4v) is 2.18. The molecular weight excluding hydrogens is 278 g/mol. The van der Waals surface area contributed by atoms with E-state index in [1.165, 1.54) is 6.33 Å². The van der Waals surface area contributed by atoms with Gasteiger partial charge < -0.3 is 20.1 Å². The van der Waals surface area contributed by atoms with Crippen LogP contribution in [0.5, 0.6) is 0 Å². The van der Waals surface area contributed by atoms with Crippen LogP contribution < -0.4 is 5.32 Å². The van der Waals surface area contributed by atoms with E-state index < -0.39 is 5.97 Å². The lowest BCUT2D eigenvalue weighted by Crippen LogP contribution is -2.46. The number of hydrogen-bond donors (Lipinski definition) is 3. The molecule has 21 heavy (non-hydrogen) atoms. The van der Waals surface area contributed by atoms with Crippen molar-refractivity contribution in [3.8, 4) is 0 Å². The number of aromatic amines is 1. The summed E-state index contributed by atoms with van der Waals surface area (Å²) in [5, 5.41) is 17.8. The molecule has 1 atom stereocenters. The summed E-state index contributed by atoms with van der Waals surface area (Å²) in [5.41, 5.74) is 0. The minimum atomic E-state index is -0.976. The molecule has 0 radical (unpaired) electrons. The van der Waals surface area contributed by atoms with Gasteiger partial charge in [-0.1, -0.05) is 0 Å². The maximum Gasteiger partial charge on any atom is 0.329 e. The highest BCUT2D eigenvalue weighted by Crippen LogP contribution is 2.14. The third-order valence-electron chi connectivity index (χ3n) is 3.36. The van der Waals surface area contributed by atoms with E-state index in [9.17, 15) is 9.59 Å². The van der Waals surface area contributed by atoms with Gasteiger partial charge in [0.2, 0.25) is 0 Å². The Morgan fingerprint density at radius 3 is 2.86 bits per heavy atom. The first-order chi connectivity index (χ1) is 10.1. The molecule has 2 rings (SSSR count). The molecule has 3 N–H and O–H groups in total. The van der Waals surface area contributed by atoms with Crippen LogP contribution in [0.1, 0.15) is 31.6 Å². The first-order valence-electron chi connectivity index (χ1n) is 6.80. The molecule has 1 saturated heterocycles. The Kier molecular flexibility index (Phi) is 5.09. The van der Waals surface area contributed by atoms with Gasteiger partial charge in [0.15, 0.2) is 0 Å². The van der Waals surface area contributed by atoms with Gasteiger partial charge >= 0.3 is 12.0 Å². The largest absolute Gasteiger partial charge is 0.480 e. The van der Waals surface area contributed by atoms with Gasteiger partial charge in [0.1, 0.15) is 18.8 Å². The zero-order chi connectivity index (χ0) is 15.2. The highest BCUT2D eigenvalue weighted by molar-refractivity contribution is 5.74. The van der Waals surface area contributed by atoms with Crippen molar-refractivity contribution in [2.45, 2.75) is 31.9 Å². The van der Waals surface area contributed by atoms with Gasteiger partial charge in [-0.2, -0.15) is 5.10 Å². The molecule has 1 aromatic rings. The quantitative estimate of drug-likeness (QED) is 0.711. The number of carbonyl (C=O) groups is 2. The molecule has 1 aromatic heterocycles. The number of likely N-dealkylation sites (tertiary alicyclic amines) is 1. The van der Waals surface area contributed by atoms with Crippen molar-refractivity contribution in [2.24, 2.45) is 0 Å². The molecule has 1 fully saturated rings. The third-order valence-corrected chi connectivity index (χ3v) is 3.36. The van der Waals surface area contributed by atoms with Gasteiger partial charge in [-0.15, -0.1) is 0 Å². The first kappa shape index (κ1) is 15.2. The first-order valence-corrected chi connectivity index (χ1v) is 6.80. The van der Waals surface area contributed by atoms with Crippen LogP contribution in [0.3, 0.4) is 0 Å². The van der Waals surface area contributed by atoms with Gasteiger partial charge in [-0.3, -0.25) is 5.10 Å². The topological polar surface area (TPSA) is 120 Å². The standard InChI is InChI=1S/C12H19N5O4/c1-8(11-13-7-14-16-11)15-12(20)17-4-2-9(3-5-17)21-6-10(18)19/h7-9H,2-6H2,1H3,(H,15,20)(H,18,19)(H,13,14,16). The fourth-order valence-electron chi connectivity index (χ4n) is 2.18. The third kappa shape index (κ3) is 4.42. The summed E-state index contributed by atoms with van der Waals surface area (Å²) in [7, 11) is 0.